The molecule has 1 N–H and O–H groups in total. The van der Waals surface area contributed by atoms with Crippen molar-refractivity contribution in [2.45, 2.75) is 20.0 Å². The van der Waals surface area contributed by atoms with Gasteiger partial charge in [-0.3, -0.25) is 4.99 Å². The molecular formula is C16H21N3S. The van der Waals surface area contributed by atoms with Crippen molar-refractivity contribution in [1.82, 2.24) is 10.2 Å². The van der Waals surface area contributed by atoms with Gasteiger partial charge in [0, 0.05) is 25.5 Å². The van der Waals surface area contributed by atoms with Crippen LogP contribution in [-0.2, 0) is 13.1 Å². The molecule has 106 valence electrons. The number of rotatable bonds is 4. The lowest BCUT2D eigenvalue weighted by Gasteiger charge is -2.22. The second-order valence-electron chi connectivity index (χ2n) is 4.82. The minimum Gasteiger partial charge on any atom is -0.351 e. The highest BCUT2D eigenvalue weighted by Crippen LogP contribution is 2.09. The third-order valence-electron chi connectivity index (χ3n) is 3.11. The van der Waals surface area contributed by atoms with Gasteiger partial charge in [0.25, 0.3) is 0 Å². The van der Waals surface area contributed by atoms with Crippen LogP contribution in [0.1, 0.15) is 16.0 Å². The molecule has 0 atom stereocenters. The lowest BCUT2D eigenvalue weighted by atomic mass is 10.1. The summed E-state index contributed by atoms with van der Waals surface area (Å²) in [6.07, 6.45) is 0. The molecule has 1 aromatic carbocycles. The summed E-state index contributed by atoms with van der Waals surface area (Å²) in [5.41, 5.74) is 2.58. The van der Waals surface area contributed by atoms with Crippen LogP contribution in [0.2, 0.25) is 0 Å². The Labute approximate surface area is 125 Å². The molecule has 0 saturated heterocycles. The van der Waals surface area contributed by atoms with E-state index in [2.05, 4.69) is 71.0 Å². The maximum atomic E-state index is 4.34. The molecule has 20 heavy (non-hydrogen) atoms. The summed E-state index contributed by atoms with van der Waals surface area (Å²) in [7, 11) is 3.88. The monoisotopic (exact) mass is 287 g/mol. The largest absolute Gasteiger partial charge is 0.351 e. The molecule has 1 heterocycles. The fraction of sp³-hybridized carbons (Fsp3) is 0.312. The summed E-state index contributed by atoms with van der Waals surface area (Å²) >= 11 is 1.76. The molecule has 3 nitrogen and oxygen atoms in total. The molecule has 0 unspecified atom stereocenters. The van der Waals surface area contributed by atoms with Crippen molar-refractivity contribution in [3.8, 4) is 0 Å². The Morgan fingerprint density at radius 1 is 1.25 bits per heavy atom. The summed E-state index contributed by atoms with van der Waals surface area (Å²) < 4.78 is 0. The Balaban J connectivity index is 1.91. The summed E-state index contributed by atoms with van der Waals surface area (Å²) in [5.74, 6) is 0.916. The quantitative estimate of drug-likeness (QED) is 0.690. The number of thiophene rings is 1. The van der Waals surface area contributed by atoms with Gasteiger partial charge in [-0.15, -0.1) is 11.3 Å². The van der Waals surface area contributed by atoms with E-state index in [0.29, 0.717) is 0 Å². The lowest BCUT2D eigenvalue weighted by Crippen LogP contribution is -2.37. The maximum Gasteiger partial charge on any atom is 0.193 e. The number of aryl methyl sites for hydroxylation is 1. The van der Waals surface area contributed by atoms with Crippen LogP contribution >= 0.6 is 11.3 Å². The fourth-order valence-electron chi connectivity index (χ4n) is 2.01. The first kappa shape index (κ1) is 14.6. The van der Waals surface area contributed by atoms with Crippen molar-refractivity contribution in [2.24, 2.45) is 4.99 Å². The van der Waals surface area contributed by atoms with Gasteiger partial charge >= 0.3 is 0 Å². The minimum atomic E-state index is 0.822. The van der Waals surface area contributed by atoms with Gasteiger partial charge in [0.15, 0.2) is 5.96 Å². The molecule has 0 aliphatic carbocycles. The Morgan fingerprint density at radius 2 is 2.00 bits per heavy atom. The van der Waals surface area contributed by atoms with E-state index in [0.717, 1.165) is 19.0 Å². The highest BCUT2D eigenvalue weighted by Gasteiger charge is 2.06. The molecule has 2 rings (SSSR count). The first-order valence-corrected chi connectivity index (χ1v) is 7.56. The third-order valence-corrected chi connectivity index (χ3v) is 3.99. The molecule has 2 aromatic rings. The number of hydrogen-bond acceptors (Lipinski definition) is 2. The zero-order chi connectivity index (χ0) is 14.4. The van der Waals surface area contributed by atoms with Gasteiger partial charge in [-0.2, -0.15) is 0 Å². The first-order chi connectivity index (χ1) is 9.69. The van der Waals surface area contributed by atoms with Gasteiger partial charge in [0.2, 0.25) is 0 Å². The zero-order valence-corrected chi connectivity index (χ0v) is 13.1. The molecule has 0 amide bonds. The van der Waals surface area contributed by atoms with Crippen molar-refractivity contribution in [2.75, 3.05) is 14.1 Å². The van der Waals surface area contributed by atoms with Gasteiger partial charge < -0.3 is 10.2 Å². The van der Waals surface area contributed by atoms with Crippen LogP contribution < -0.4 is 5.32 Å². The van der Waals surface area contributed by atoms with Crippen molar-refractivity contribution in [3.05, 3.63) is 57.8 Å². The van der Waals surface area contributed by atoms with E-state index in [1.54, 1.807) is 11.3 Å². The summed E-state index contributed by atoms with van der Waals surface area (Å²) in [6, 6.07) is 12.8. The Hall–Kier alpha value is -1.81. The predicted molar refractivity (Wildman–Crippen MR) is 87.2 cm³/mol. The van der Waals surface area contributed by atoms with Crippen molar-refractivity contribution >= 4 is 17.3 Å². The standard InChI is InChI=1S/C16H21N3S/c1-13-6-8-14(9-7-13)12-19(3)16(17-2)18-11-15-5-4-10-20-15/h4-10H,11-12H2,1-3H3,(H,17,18). The highest BCUT2D eigenvalue weighted by molar-refractivity contribution is 7.09. The molecule has 0 aliphatic heterocycles. The number of guanidine groups is 1. The maximum absolute atomic E-state index is 4.34. The van der Waals surface area contributed by atoms with Gasteiger partial charge in [0.1, 0.15) is 0 Å². The summed E-state index contributed by atoms with van der Waals surface area (Å²) in [5, 5.41) is 5.48. The summed E-state index contributed by atoms with van der Waals surface area (Å²) in [4.78, 5) is 7.79. The summed E-state index contributed by atoms with van der Waals surface area (Å²) in [6.45, 7) is 3.78. The van der Waals surface area contributed by atoms with Crippen molar-refractivity contribution in [1.29, 1.82) is 0 Å². The predicted octanol–water partition coefficient (Wildman–Crippen LogP) is 3.26. The van der Waals surface area contributed by atoms with Crippen molar-refractivity contribution < 1.29 is 0 Å². The van der Waals surface area contributed by atoms with Crippen LogP contribution in [0.4, 0.5) is 0 Å². The molecule has 0 bridgehead atoms. The Morgan fingerprint density at radius 3 is 2.60 bits per heavy atom. The average molecular weight is 287 g/mol. The molecule has 0 spiro atoms. The van der Waals surface area contributed by atoms with Crippen LogP contribution in [0.25, 0.3) is 0 Å². The minimum absolute atomic E-state index is 0.822. The first-order valence-electron chi connectivity index (χ1n) is 6.69. The van der Waals surface area contributed by atoms with Crippen LogP contribution in [0.3, 0.4) is 0 Å². The lowest BCUT2D eigenvalue weighted by molar-refractivity contribution is 0.477. The fourth-order valence-corrected chi connectivity index (χ4v) is 2.65. The topological polar surface area (TPSA) is 27.6 Å². The molecule has 4 heteroatoms. The zero-order valence-electron chi connectivity index (χ0n) is 12.3. The van der Waals surface area contributed by atoms with Crippen molar-refractivity contribution in [3.63, 3.8) is 0 Å². The molecular weight excluding hydrogens is 266 g/mol. The van der Waals surface area contributed by atoms with Crippen LogP contribution in [0, 0.1) is 6.92 Å². The van der Waals surface area contributed by atoms with E-state index in [1.807, 2.05) is 7.05 Å². The van der Waals surface area contributed by atoms with Crippen LogP contribution in [0.5, 0.6) is 0 Å². The Bertz CT molecular complexity index is 544. The van der Waals surface area contributed by atoms with E-state index in [-0.39, 0.29) is 0 Å². The van der Waals surface area contributed by atoms with Gasteiger partial charge in [-0.25, -0.2) is 0 Å². The smallest absolute Gasteiger partial charge is 0.193 e. The molecule has 1 aromatic heterocycles. The van der Waals surface area contributed by atoms with E-state index in [4.69, 9.17) is 0 Å². The van der Waals surface area contributed by atoms with E-state index in [9.17, 15) is 0 Å². The van der Waals surface area contributed by atoms with E-state index >= 15 is 0 Å². The second-order valence-corrected chi connectivity index (χ2v) is 5.85. The van der Waals surface area contributed by atoms with Gasteiger partial charge in [-0.1, -0.05) is 35.9 Å². The SMILES string of the molecule is CN=C(NCc1cccs1)N(C)Cc1ccc(C)cc1. The number of benzene rings is 1. The van der Waals surface area contributed by atoms with Crippen LogP contribution in [0.15, 0.2) is 46.8 Å². The number of nitrogens with zero attached hydrogens (tertiary/aromatic N) is 2. The number of aliphatic imine (C=N–C) groups is 1. The van der Waals surface area contributed by atoms with E-state index < -0.39 is 0 Å². The number of nitrogens with one attached hydrogen (secondary N) is 1. The van der Waals surface area contributed by atoms with Gasteiger partial charge in [-0.05, 0) is 23.9 Å². The highest BCUT2D eigenvalue weighted by atomic mass is 32.1. The second kappa shape index (κ2) is 7.10. The van der Waals surface area contributed by atoms with Gasteiger partial charge in [0.05, 0.1) is 6.54 Å². The molecule has 0 aliphatic rings. The normalized spacial score (nSPS) is 11.4. The third kappa shape index (κ3) is 4.10. The van der Waals surface area contributed by atoms with E-state index in [1.165, 1.54) is 16.0 Å². The molecule has 0 saturated carbocycles. The Kier molecular flexibility index (Phi) is 5.18. The number of hydrogen-bond donors (Lipinski definition) is 1. The molecule has 0 fully saturated rings. The molecule has 0 radical (unpaired) electrons. The van der Waals surface area contributed by atoms with Crippen LogP contribution in [-0.4, -0.2) is 25.0 Å². The average Bonchev–Trinajstić information content (AvgIpc) is 2.95.